The second-order valence-electron chi connectivity index (χ2n) is 3.24. The van der Waals surface area contributed by atoms with E-state index in [1.807, 2.05) is 13.9 Å². The highest BCUT2D eigenvalue weighted by molar-refractivity contribution is 6.33. The lowest BCUT2D eigenvalue weighted by Crippen LogP contribution is -2.30. The molecule has 12 heavy (non-hydrogen) atoms. The van der Waals surface area contributed by atoms with Crippen molar-refractivity contribution in [3.8, 4) is 0 Å². The number of fused-ring (bicyclic) bond motifs is 1. The standard InChI is InChI=1S/C9H11BFN/c10-9-7-3-4-12-5-6(7)1-2-8(9)11/h1-2,12H,3-5,10H2. The van der Waals surface area contributed by atoms with Crippen LogP contribution in [0.2, 0.25) is 0 Å². The first-order valence-corrected chi connectivity index (χ1v) is 4.26. The van der Waals surface area contributed by atoms with Gasteiger partial charge in [-0.15, -0.1) is 0 Å². The molecule has 0 bridgehead atoms. The second kappa shape index (κ2) is 2.90. The summed E-state index contributed by atoms with van der Waals surface area (Å²) >= 11 is 0. The van der Waals surface area contributed by atoms with Gasteiger partial charge in [0.15, 0.2) is 0 Å². The van der Waals surface area contributed by atoms with Crippen molar-refractivity contribution in [2.75, 3.05) is 6.54 Å². The predicted molar refractivity (Wildman–Crippen MR) is 50.0 cm³/mol. The Morgan fingerprint density at radius 3 is 3.08 bits per heavy atom. The Labute approximate surface area is 72.4 Å². The fraction of sp³-hybridized carbons (Fsp3) is 0.333. The Balaban J connectivity index is 2.54. The molecule has 1 aromatic carbocycles. The number of rotatable bonds is 0. The molecule has 0 unspecified atom stereocenters. The maximum absolute atomic E-state index is 13.1. The van der Waals surface area contributed by atoms with Crippen LogP contribution in [-0.2, 0) is 13.0 Å². The Bertz CT molecular complexity index is 312. The summed E-state index contributed by atoms with van der Waals surface area (Å²) in [5, 5.41) is 3.27. The van der Waals surface area contributed by atoms with E-state index in [0.29, 0.717) is 0 Å². The van der Waals surface area contributed by atoms with E-state index in [2.05, 4.69) is 5.32 Å². The van der Waals surface area contributed by atoms with Crippen molar-refractivity contribution in [1.82, 2.24) is 5.32 Å². The third-order valence-corrected chi connectivity index (χ3v) is 2.50. The minimum atomic E-state index is -0.0735. The molecule has 2 rings (SSSR count). The summed E-state index contributed by atoms with van der Waals surface area (Å²) in [4.78, 5) is 0. The van der Waals surface area contributed by atoms with E-state index in [1.54, 1.807) is 6.07 Å². The van der Waals surface area contributed by atoms with Gasteiger partial charge in [0.1, 0.15) is 13.7 Å². The monoisotopic (exact) mass is 163 g/mol. The van der Waals surface area contributed by atoms with Gasteiger partial charge in [-0.3, -0.25) is 0 Å². The van der Waals surface area contributed by atoms with Gasteiger partial charge in [-0.1, -0.05) is 11.5 Å². The maximum Gasteiger partial charge on any atom is 0.143 e. The normalized spacial score (nSPS) is 15.8. The highest BCUT2D eigenvalue weighted by atomic mass is 19.1. The van der Waals surface area contributed by atoms with E-state index in [1.165, 1.54) is 11.1 Å². The molecule has 0 fully saturated rings. The zero-order valence-electron chi connectivity index (χ0n) is 7.15. The quantitative estimate of drug-likeness (QED) is 0.519. The molecular weight excluding hydrogens is 152 g/mol. The van der Waals surface area contributed by atoms with Crippen LogP contribution in [-0.4, -0.2) is 14.4 Å². The van der Waals surface area contributed by atoms with Crippen molar-refractivity contribution in [3.63, 3.8) is 0 Å². The molecule has 0 aromatic heterocycles. The smallest absolute Gasteiger partial charge is 0.143 e. The summed E-state index contributed by atoms with van der Waals surface area (Å²) in [5.41, 5.74) is 3.28. The third kappa shape index (κ3) is 1.14. The Kier molecular flexibility index (Phi) is 1.89. The lowest BCUT2D eigenvalue weighted by molar-refractivity contribution is 0.615. The van der Waals surface area contributed by atoms with Crippen LogP contribution >= 0.6 is 0 Å². The third-order valence-electron chi connectivity index (χ3n) is 2.50. The number of nitrogens with one attached hydrogen (secondary N) is 1. The second-order valence-corrected chi connectivity index (χ2v) is 3.24. The van der Waals surface area contributed by atoms with Crippen LogP contribution in [0.4, 0.5) is 4.39 Å². The van der Waals surface area contributed by atoms with Gasteiger partial charge in [0.2, 0.25) is 0 Å². The summed E-state index contributed by atoms with van der Waals surface area (Å²) in [7, 11) is 1.86. The fourth-order valence-corrected chi connectivity index (χ4v) is 1.73. The Morgan fingerprint density at radius 1 is 1.42 bits per heavy atom. The van der Waals surface area contributed by atoms with Gasteiger partial charge in [0.05, 0.1) is 0 Å². The van der Waals surface area contributed by atoms with E-state index in [9.17, 15) is 4.39 Å². The summed E-state index contributed by atoms with van der Waals surface area (Å²) in [6, 6.07) is 3.44. The number of benzene rings is 1. The van der Waals surface area contributed by atoms with E-state index >= 15 is 0 Å². The molecule has 1 aromatic rings. The lowest BCUT2D eigenvalue weighted by Gasteiger charge is -2.19. The van der Waals surface area contributed by atoms with Crippen molar-refractivity contribution in [3.05, 3.63) is 29.1 Å². The minimum absolute atomic E-state index is 0.0735. The highest BCUT2D eigenvalue weighted by Gasteiger charge is 2.12. The van der Waals surface area contributed by atoms with Crippen LogP contribution < -0.4 is 10.8 Å². The molecule has 1 N–H and O–H groups in total. The van der Waals surface area contributed by atoms with Gasteiger partial charge in [-0.25, -0.2) is 4.39 Å². The molecule has 1 aliphatic heterocycles. The molecule has 0 saturated heterocycles. The first-order chi connectivity index (χ1) is 5.79. The first kappa shape index (κ1) is 7.81. The maximum atomic E-state index is 13.1. The molecule has 1 aliphatic rings. The molecule has 1 heterocycles. The van der Waals surface area contributed by atoms with Gasteiger partial charge in [0.25, 0.3) is 0 Å². The lowest BCUT2D eigenvalue weighted by atomic mass is 9.84. The van der Waals surface area contributed by atoms with Gasteiger partial charge in [-0.05, 0) is 30.2 Å². The van der Waals surface area contributed by atoms with Gasteiger partial charge < -0.3 is 5.32 Å². The summed E-state index contributed by atoms with van der Waals surface area (Å²) in [5.74, 6) is -0.0735. The van der Waals surface area contributed by atoms with Crippen molar-refractivity contribution in [2.45, 2.75) is 13.0 Å². The molecule has 0 aliphatic carbocycles. The van der Waals surface area contributed by atoms with Crippen LogP contribution in [0, 0.1) is 5.82 Å². The number of hydrogen-bond donors (Lipinski definition) is 1. The molecule has 3 heteroatoms. The summed E-state index contributed by atoms with van der Waals surface area (Å²) in [6.45, 7) is 1.85. The Morgan fingerprint density at radius 2 is 2.25 bits per heavy atom. The van der Waals surface area contributed by atoms with E-state index in [-0.39, 0.29) is 5.82 Å². The van der Waals surface area contributed by atoms with Crippen LogP contribution in [0.25, 0.3) is 0 Å². The van der Waals surface area contributed by atoms with Gasteiger partial charge in [-0.2, -0.15) is 0 Å². The average molecular weight is 163 g/mol. The SMILES string of the molecule is Bc1c(F)ccc2c1CCNC2. The zero-order valence-corrected chi connectivity index (χ0v) is 7.15. The molecule has 0 radical (unpaired) electrons. The van der Waals surface area contributed by atoms with Crippen molar-refractivity contribution >= 4 is 13.3 Å². The largest absolute Gasteiger partial charge is 0.312 e. The number of halogens is 1. The van der Waals surface area contributed by atoms with E-state index < -0.39 is 0 Å². The van der Waals surface area contributed by atoms with Crippen LogP contribution in [0.5, 0.6) is 0 Å². The number of hydrogen-bond acceptors (Lipinski definition) is 1. The first-order valence-electron chi connectivity index (χ1n) is 4.26. The zero-order chi connectivity index (χ0) is 8.55. The summed E-state index contributed by atoms with van der Waals surface area (Å²) < 4.78 is 13.1. The topological polar surface area (TPSA) is 12.0 Å². The average Bonchev–Trinajstić information content (AvgIpc) is 2.12. The van der Waals surface area contributed by atoms with Crippen molar-refractivity contribution in [1.29, 1.82) is 0 Å². The molecule has 62 valence electrons. The van der Waals surface area contributed by atoms with Crippen LogP contribution in [0.3, 0.4) is 0 Å². The molecule has 0 saturated carbocycles. The van der Waals surface area contributed by atoms with E-state index in [4.69, 9.17) is 0 Å². The van der Waals surface area contributed by atoms with Crippen molar-refractivity contribution < 1.29 is 4.39 Å². The summed E-state index contributed by atoms with van der Waals surface area (Å²) in [6.07, 6.45) is 0.957. The van der Waals surface area contributed by atoms with Crippen LogP contribution in [0.15, 0.2) is 12.1 Å². The van der Waals surface area contributed by atoms with Gasteiger partial charge >= 0.3 is 0 Å². The van der Waals surface area contributed by atoms with Gasteiger partial charge in [0, 0.05) is 6.54 Å². The minimum Gasteiger partial charge on any atom is -0.312 e. The van der Waals surface area contributed by atoms with Crippen LogP contribution in [0.1, 0.15) is 11.1 Å². The Hall–Kier alpha value is -0.825. The predicted octanol–water partition coefficient (Wildman–Crippen LogP) is -0.270. The molecular formula is C9H11BFN. The van der Waals surface area contributed by atoms with Crippen molar-refractivity contribution in [2.24, 2.45) is 0 Å². The molecule has 0 spiro atoms. The fourth-order valence-electron chi connectivity index (χ4n) is 1.73. The molecule has 0 amide bonds. The van der Waals surface area contributed by atoms with E-state index in [0.717, 1.165) is 25.0 Å². The highest BCUT2D eigenvalue weighted by Crippen LogP contribution is 2.11. The molecule has 0 atom stereocenters. The molecule has 1 nitrogen and oxygen atoms in total.